The van der Waals surface area contributed by atoms with Crippen LogP contribution in [0.25, 0.3) is 5.57 Å². The second kappa shape index (κ2) is 13.1. The van der Waals surface area contributed by atoms with Crippen LogP contribution in [0.2, 0.25) is 0 Å². The van der Waals surface area contributed by atoms with Crippen LogP contribution >= 0.6 is 0 Å². The maximum absolute atomic E-state index is 12.7. The molecule has 1 aliphatic rings. The minimum absolute atomic E-state index is 0.0344. The van der Waals surface area contributed by atoms with Crippen LogP contribution in [0.4, 0.5) is 0 Å². The minimum atomic E-state index is -1.76. The van der Waals surface area contributed by atoms with Gasteiger partial charge < -0.3 is 19.3 Å². The Morgan fingerprint density at radius 1 is 0.944 bits per heavy atom. The number of benzene rings is 2. The zero-order valence-corrected chi connectivity index (χ0v) is 20.1. The normalized spacial score (nSPS) is 16.5. The summed E-state index contributed by atoms with van der Waals surface area (Å²) in [5.74, 6) is -1.75. The standard InChI is InChI=1S/C29H30O7/c1-2-26(30)35-21-9-4-3-8-20-34-25-14-12-24(13-15-25)27(31)36-29(28(32)33)18-16-23(17-19-29)22-10-6-5-7-11-22/h2,5-7,10-18H,1,3-4,8-9,19-21H2,(H,32,33). The molecule has 0 spiro atoms. The van der Waals surface area contributed by atoms with E-state index in [1.165, 1.54) is 6.08 Å². The lowest BCUT2D eigenvalue weighted by Gasteiger charge is -2.28. The van der Waals surface area contributed by atoms with Crippen molar-refractivity contribution in [2.24, 2.45) is 0 Å². The molecule has 0 fully saturated rings. The molecule has 0 aliphatic heterocycles. The fourth-order valence-corrected chi connectivity index (χ4v) is 3.64. The van der Waals surface area contributed by atoms with Gasteiger partial charge in [0.2, 0.25) is 5.60 Å². The van der Waals surface area contributed by atoms with Gasteiger partial charge in [-0.2, -0.15) is 0 Å². The first-order valence-electron chi connectivity index (χ1n) is 11.9. The molecule has 2 aromatic carbocycles. The molecule has 0 radical (unpaired) electrons. The molecule has 3 rings (SSSR count). The second-order valence-corrected chi connectivity index (χ2v) is 8.31. The predicted molar refractivity (Wildman–Crippen MR) is 136 cm³/mol. The summed E-state index contributed by atoms with van der Waals surface area (Å²) >= 11 is 0. The van der Waals surface area contributed by atoms with Gasteiger partial charge in [-0.1, -0.05) is 49.1 Å². The molecule has 2 aromatic rings. The van der Waals surface area contributed by atoms with Crippen LogP contribution in [0.1, 0.15) is 48.0 Å². The smallest absolute Gasteiger partial charge is 0.352 e. The molecular weight excluding hydrogens is 460 g/mol. The molecule has 7 nitrogen and oxygen atoms in total. The summed E-state index contributed by atoms with van der Waals surface area (Å²) in [6, 6.07) is 16.0. The lowest BCUT2D eigenvalue weighted by molar-refractivity contribution is -0.154. The van der Waals surface area contributed by atoms with E-state index in [2.05, 4.69) is 6.58 Å². The Balaban J connectivity index is 1.46. The third kappa shape index (κ3) is 7.43. The van der Waals surface area contributed by atoms with Crippen LogP contribution in [0.15, 0.2) is 85.5 Å². The lowest BCUT2D eigenvalue weighted by atomic mass is 9.89. The Bertz CT molecular complexity index is 1120. The van der Waals surface area contributed by atoms with E-state index in [1.54, 1.807) is 36.4 Å². The maximum Gasteiger partial charge on any atom is 0.352 e. The van der Waals surface area contributed by atoms with Crippen molar-refractivity contribution in [2.75, 3.05) is 13.2 Å². The van der Waals surface area contributed by atoms with Crippen molar-refractivity contribution in [3.63, 3.8) is 0 Å². The summed E-state index contributed by atoms with van der Waals surface area (Å²) in [5, 5.41) is 9.81. The summed E-state index contributed by atoms with van der Waals surface area (Å²) < 4.78 is 16.1. The van der Waals surface area contributed by atoms with Gasteiger partial charge in [-0.3, -0.25) is 0 Å². The van der Waals surface area contributed by atoms with E-state index in [-0.39, 0.29) is 12.0 Å². The van der Waals surface area contributed by atoms with Crippen molar-refractivity contribution >= 4 is 23.5 Å². The first-order chi connectivity index (χ1) is 17.4. The molecule has 188 valence electrons. The number of carbonyl (C=O) groups is 3. The summed E-state index contributed by atoms with van der Waals surface area (Å²) in [4.78, 5) is 35.7. The number of carbonyl (C=O) groups excluding carboxylic acids is 2. The van der Waals surface area contributed by atoms with Gasteiger partial charge in [-0.25, -0.2) is 14.4 Å². The zero-order chi connectivity index (χ0) is 25.8. The van der Waals surface area contributed by atoms with Gasteiger partial charge in [-0.15, -0.1) is 0 Å². The van der Waals surface area contributed by atoms with Crippen LogP contribution in [-0.2, 0) is 19.1 Å². The number of unbranched alkanes of at least 4 members (excludes halogenated alkanes) is 3. The number of hydrogen-bond acceptors (Lipinski definition) is 6. The Morgan fingerprint density at radius 2 is 1.64 bits per heavy atom. The van der Waals surface area contributed by atoms with Gasteiger partial charge >= 0.3 is 17.9 Å². The van der Waals surface area contributed by atoms with E-state index in [0.29, 0.717) is 19.0 Å². The monoisotopic (exact) mass is 490 g/mol. The topological polar surface area (TPSA) is 99.1 Å². The van der Waals surface area contributed by atoms with Crippen molar-refractivity contribution in [3.05, 3.63) is 96.6 Å². The Labute approximate surface area is 210 Å². The molecule has 1 unspecified atom stereocenters. The van der Waals surface area contributed by atoms with Crippen LogP contribution in [0, 0.1) is 0 Å². The first-order valence-corrected chi connectivity index (χ1v) is 11.9. The Morgan fingerprint density at radius 3 is 2.25 bits per heavy atom. The van der Waals surface area contributed by atoms with Crippen LogP contribution < -0.4 is 4.74 Å². The molecule has 1 N–H and O–H groups in total. The molecule has 1 atom stereocenters. The fourth-order valence-electron chi connectivity index (χ4n) is 3.64. The third-order valence-corrected chi connectivity index (χ3v) is 5.71. The second-order valence-electron chi connectivity index (χ2n) is 8.31. The summed E-state index contributed by atoms with van der Waals surface area (Å²) in [5.41, 5.74) is 0.322. The fraction of sp³-hybridized carbons (Fsp3) is 0.276. The van der Waals surface area contributed by atoms with E-state index in [0.717, 1.165) is 42.9 Å². The van der Waals surface area contributed by atoms with E-state index < -0.39 is 23.5 Å². The summed E-state index contributed by atoms with van der Waals surface area (Å²) in [6.07, 6.45) is 9.52. The highest BCUT2D eigenvalue weighted by Crippen LogP contribution is 2.31. The van der Waals surface area contributed by atoms with Crippen molar-refractivity contribution in [3.8, 4) is 5.75 Å². The number of hydrogen-bond donors (Lipinski definition) is 1. The molecule has 36 heavy (non-hydrogen) atoms. The average molecular weight is 491 g/mol. The van der Waals surface area contributed by atoms with E-state index in [4.69, 9.17) is 14.2 Å². The highest BCUT2D eigenvalue weighted by atomic mass is 16.6. The Kier molecular flexibility index (Phi) is 9.63. The first kappa shape index (κ1) is 26.5. The molecular formula is C29H30O7. The highest BCUT2D eigenvalue weighted by Gasteiger charge is 2.41. The van der Waals surface area contributed by atoms with Gasteiger partial charge in [0.15, 0.2) is 0 Å². The number of esters is 2. The van der Waals surface area contributed by atoms with Crippen LogP contribution in [0.3, 0.4) is 0 Å². The maximum atomic E-state index is 12.7. The Hall–Kier alpha value is -4.13. The summed E-state index contributed by atoms with van der Waals surface area (Å²) in [6.45, 7) is 4.24. The SMILES string of the molecule is C=CC(=O)OCCCCCCOc1ccc(C(=O)OC2(C(=O)O)C=CC(c3ccccc3)=CC2)cc1. The average Bonchev–Trinajstić information content (AvgIpc) is 2.91. The molecule has 0 heterocycles. The highest BCUT2D eigenvalue weighted by molar-refractivity contribution is 5.94. The number of carboxylic acid groups (broad SMARTS) is 1. The number of ether oxygens (including phenoxy) is 3. The van der Waals surface area contributed by atoms with Crippen molar-refractivity contribution in [1.82, 2.24) is 0 Å². The van der Waals surface area contributed by atoms with E-state index in [1.807, 2.05) is 30.3 Å². The van der Waals surface area contributed by atoms with Crippen molar-refractivity contribution in [2.45, 2.75) is 37.7 Å². The largest absolute Gasteiger partial charge is 0.494 e. The van der Waals surface area contributed by atoms with Gasteiger partial charge in [-0.05, 0) is 67.2 Å². The number of aliphatic carboxylic acids is 1. The molecule has 0 aromatic heterocycles. The third-order valence-electron chi connectivity index (χ3n) is 5.71. The van der Waals surface area contributed by atoms with E-state index in [9.17, 15) is 19.5 Å². The molecule has 0 amide bonds. The van der Waals surface area contributed by atoms with Gasteiger partial charge in [0.1, 0.15) is 5.75 Å². The van der Waals surface area contributed by atoms with Crippen LogP contribution in [0.5, 0.6) is 5.75 Å². The molecule has 0 saturated heterocycles. The van der Waals surface area contributed by atoms with Crippen LogP contribution in [-0.4, -0.2) is 41.8 Å². The minimum Gasteiger partial charge on any atom is -0.494 e. The van der Waals surface area contributed by atoms with E-state index >= 15 is 0 Å². The van der Waals surface area contributed by atoms with Gasteiger partial charge in [0, 0.05) is 12.5 Å². The number of allylic oxidation sites excluding steroid dienone is 2. The van der Waals surface area contributed by atoms with Crippen molar-refractivity contribution in [1.29, 1.82) is 0 Å². The van der Waals surface area contributed by atoms with Gasteiger partial charge in [0.05, 0.1) is 18.8 Å². The van der Waals surface area contributed by atoms with Gasteiger partial charge in [0.25, 0.3) is 0 Å². The quantitative estimate of drug-likeness (QED) is 0.229. The number of carboxylic acids is 1. The molecule has 1 aliphatic carbocycles. The predicted octanol–water partition coefficient (Wildman–Crippen LogP) is 5.38. The summed E-state index contributed by atoms with van der Waals surface area (Å²) in [7, 11) is 0. The zero-order valence-electron chi connectivity index (χ0n) is 20.1. The van der Waals surface area contributed by atoms with Crippen molar-refractivity contribution < 1.29 is 33.7 Å². The molecule has 0 bridgehead atoms. The number of rotatable bonds is 13. The lowest BCUT2D eigenvalue weighted by Crippen LogP contribution is -2.42. The molecule has 7 heteroatoms. The molecule has 0 saturated carbocycles.